The fraction of sp³-hybridized carbons (Fsp3) is 0.700. The molecule has 3 N–H and O–H groups in total. The molecule has 1 saturated carbocycles. The maximum atomic E-state index is 10.4. The molecule has 78 valence electrons. The average Bonchev–Trinajstić information content (AvgIpc) is 2.95. The highest BCUT2D eigenvalue weighted by atomic mass is 16.3. The molecule has 4 heteroatoms. The Hall–Kier alpha value is -0.870. The van der Waals surface area contributed by atoms with Gasteiger partial charge in [-0.25, -0.2) is 0 Å². The highest BCUT2D eigenvalue weighted by Crippen LogP contribution is 2.44. The number of hydrogen-bond acceptors (Lipinski definition) is 3. The lowest BCUT2D eigenvalue weighted by molar-refractivity contribution is 0.0134. The molecule has 0 amide bonds. The summed E-state index contributed by atoms with van der Waals surface area (Å²) in [4.78, 5) is 0. The van der Waals surface area contributed by atoms with Crippen LogP contribution in [0.3, 0.4) is 0 Å². The SMILES string of the molecule is CCn1nccc1C(O)(CN)C1CC1. The Kier molecular flexibility index (Phi) is 2.33. The lowest BCUT2D eigenvalue weighted by atomic mass is 9.94. The fourth-order valence-corrected chi connectivity index (χ4v) is 1.99. The lowest BCUT2D eigenvalue weighted by Gasteiger charge is -2.27. The minimum atomic E-state index is -0.855. The van der Waals surface area contributed by atoms with Gasteiger partial charge in [-0.2, -0.15) is 5.10 Å². The predicted molar refractivity (Wildman–Crippen MR) is 53.6 cm³/mol. The molecule has 0 saturated heterocycles. The first-order valence-electron chi connectivity index (χ1n) is 5.17. The van der Waals surface area contributed by atoms with Crippen LogP contribution in [0, 0.1) is 5.92 Å². The Bertz CT molecular complexity index is 319. The van der Waals surface area contributed by atoms with E-state index in [9.17, 15) is 5.11 Å². The molecule has 1 fully saturated rings. The topological polar surface area (TPSA) is 64.1 Å². The van der Waals surface area contributed by atoms with Crippen molar-refractivity contribution in [2.24, 2.45) is 11.7 Å². The van der Waals surface area contributed by atoms with Gasteiger partial charge in [-0.15, -0.1) is 0 Å². The normalized spacial score (nSPS) is 20.8. The van der Waals surface area contributed by atoms with Crippen LogP contribution in [0.2, 0.25) is 0 Å². The van der Waals surface area contributed by atoms with E-state index in [2.05, 4.69) is 5.10 Å². The number of aryl methyl sites for hydroxylation is 1. The van der Waals surface area contributed by atoms with Gasteiger partial charge in [0.15, 0.2) is 0 Å². The first kappa shape index (κ1) is 9.68. The zero-order chi connectivity index (χ0) is 10.2. The van der Waals surface area contributed by atoms with Crippen LogP contribution < -0.4 is 5.73 Å². The molecule has 14 heavy (non-hydrogen) atoms. The summed E-state index contributed by atoms with van der Waals surface area (Å²) < 4.78 is 1.82. The second-order valence-corrected chi connectivity index (χ2v) is 3.93. The highest BCUT2D eigenvalue weighted by Gasteiger charge is 2.45. The maximum Gasteiger partial charge on any atom is 0.121 e. The van der Waals surface area contributed by atoms with E-state index >= 15 is 0 Å². The molecule has 0 radical (unpaired) electrons. The molecule has 1 atom stereocenters. The molecule has 1 aromatic heterocycles. The molecule has 0 aliphatic heterocycles. The maximum absolute atomic E-state index is 10.4. The minimum Gasteiger partial charge on any atom is -0.382 e. The van der Waals surface area contributed by atoms with Gasteiger partial charge in [0, 0.05) is 19.3 Å². The van der Waals surface area contributed by atoms with Gasteiger partial charge in [0.25, 0.3) is 0 Å². The third-order valence-electron chi connectivity index (χ3n) is 3.02. The molecular formula is C10H17N3O. The van der Waals surface area contributed by atoms with Gasteiger partial charge in [0.05, 0.1) is 5.69 Å². The van der Waals surface area contributed by atoms with Crippen molar-refractivity contribution in [3.05, 3.63) is 18.0 Å². The average molecular weight is 195 g/mol. The molecule has 0 spiro atoms. The van der Waals surface area contributed by atoms with Gasteiger partial charge >= 0.3 is 0 Å². The third-order valence-corrected chi connectivity index (χ3v) is 3.02. The van der Waals surface area contributed by atoms with Crippen LogP contribution in [-0.2, 0) is 12.1 Å². The van der Waals surface area contributed by atoms with Crippen molar-refractivity contribution < 1.29 is 5.11 Å². The smallest absolute Gasteiger partial charge is 0.121 e. The van der Waals surface area contributed by atoms with Gasteiger partial charge in [0.1, 0.15) is 5.60 Å². The summed E-state index contributed by atoms with van der Waals surface area (Å²) in [6.45, 7) is 3.07. The van der Waals surface area contributed by atoms with Crippen molar-refractivity contribution >= 4 is 0 Å². The molecule has 1 aromatic rings. The molecule has 4 nitrogen and oxygen atoms in total. The number of aliphatic hydroxyl groups is 1. The van der Waals surface area contributed by atoms with E-state index in [1.54, 1.807) is 6.20 Å². The molecule has 1 aliphatic carbocycles. The monoisotopic (exact) mass is 195 g/mol. The van der Waals surface area contributed by atoms with Crippen LogP contribution in [0.4, 0.5) is 0 Å². The Labute approximate surface area is 83.7 Å². The summed E-state index contributed by atoms with van der Waals surface area (Å²) in [6.07, 6.45) is 3.87. The molecule has 1 unspecified atom stereocenters. The van der Waals surface area contributed by atoms with Crippen LogP contribution in [0.15, 0.2) is 12.3 Å². The van der Waals surface area contributed by atoms with Crippen LogP contribution in [0.25, 0.3) is 0 Å². The molecule has 1 aliphatic rings. The van der Waals surface area contributed by atoms with Crippen LogP contribution in [0.1, 0.15) is 25.5 Å². The molecular weight excluding hydrogens is 178 g/mol. The van der Waals surface area contributed by atoms with Gasteiger partial charge in [-0.05, 0) is 31.7 Å². The van der Waals surface area contributed by atoms with E-state index in [-0.39, 0.29) is 6.54 Å². The van der Waals surface area contributed by atoms with Crippen LogP contribution >= 0.6 is 0 Å². The van der Waals surface area contributed by atoms with E-state index in [4.69, 9.17) is 5.73 Å². The van der Waals surface area contributed by atoms with Crippen molar-refractivity contribution in [3.63, 3.8) is 0 Å². The Balaban J connectivity index is 2.34. The summed E-state index contributed by atoms with van der Waals surface area (Å²) in [6, 6.07) is 1.87. The summed E-state index contributed by atoms with van der Waals surface area (Å²) in [5.41, 5.74) is 5.68. The fourth-order valence-electron chi connectivity index (χ4n) is 1.99. The van der Waals surface area contributed by atoms with Crippen molar-refractivity contribution in [2.75, 3.05) is 6.54 Å². The van der Waals surface area contributed by atoms with Crippen molar-refractivity contribution in [2.45, 2.75) is 31.9 Å². The number of nitrogens with zero attached hydrogens (tertiary/aromatic N) is 2. The zero-order valence-corrected chi connectivity index (χ0v) is 8.48. The van der Waals surface area contributed by atoms with E-state index in [1.165, 1.54) is 0 Å². The van der Waals surface area contributed by atoms with E-state index in [0.717, 1.165) is 25.1 Å². The summed E-state index contributed by atoms with van der Waals surface area (Å²) in [5, 5.41) is 14.6. The van der Waals surface area contributed by atoms with Gasteiger partial charge in [-0.1, -0.05) is 0 Å². The largest absolute Gasteiger partial charge is 0.382 e. The van der Waals surface area contributed by atoms with Gasteiger partial charge < -0.3 is 10.8 Å². The molecule has 0 aromatic carbocycles. The first-order valence-corrected chi connectivity index (χ1v) is 5.17. The summed E-state index contributed by atoms with van der Waals surface area (Å²) >= 11 is 0. The molecule has 0 bridgehead atoms. The second kappa shape index (κ2) is 3.37. The Morgan fingerprint density at radius 3 is 2.93 bits per heavy atom. The van der Waals surface area contributed by atoms with Crippen molar-refractivity contribution in [3.8, 4) is 0 Å². The Morgan fingerprint density at radius 1 is 1.71 bits per heavy atom. The lowest BCUT2D eigenvalue weighted by Crippen LogP contribution is -2.39. The molecule has 2 rings (SSSR count). The van der Waals surface area contributed by atoms with Crippen LogP contribution in [-0.4, -0.2) is 21.4 Å². The number of hydrogen-bond donors (Lipinski definition) is 2. The van der Waals surface area contributed by atoms with E-state index in [0.29, 0.717) is 5.92 Å². The van der Waals surface area contributed by atoms with Crippen molar-refractivity contribution in [1.29, 1.82) is 0 Å². The second-order valence-electron chi connectivity index (χ2n) is 3.93. The number of aromatic nitrogens is 2. The van der Waals surface area contributed by atoms with E-state index < -0.39 is 5.60 Å². The third kappa shape index (κ3) is 1.35. The summed E-state index contributed by atoms with van der Waals surface area (Å²) in [7, 11) is 0. The van der Waals surface area contributed by atoms with Crippen molar-refractivity contribution in [1.82, 2.24) is 9.78 Å². The quantitative estimate of drug-likeness (QED) is 0.733. The highest BCUT2D eigenvalue weighted by molar-refractivity contribution is 5.17. The number of rotatable bonds is 4. The Morgan fingerprint density at radius 2 is 2.43 bits per heavy atom. The van der Waals surface area contributed by atoms with Gasteiger partial charge in [-0.3, -0.25) is 4.68 Å². The summed E-state index contributed by atoms with van der Waals surface area (Å²) in [5.74, 6) is 0.328. The van der Waals surface area contributed by atoms with E-state index in [1.807, 2.05) is 17.7 Å². The standard InChI is InChI=1S/C10H17N3O/c1-2-13-9(5-6-12-13)10(14,7-11)8-3-4-8/h5-6,8,14H,2-4,7,11H2,1H3. The number of nitrogens with two attached hydrogens (primary N) is 1. The van der Waals surface area contributed by atoms with Gasteiger partial charge in [0.2, 0.25) is 0 Å². The zero-order valence-electron chi connectivity index (χ0n) is 8.48. The van der Waals surface area contributed by atoms with Crippen LogP contribution in [0.5, 0.6) is 0 Å². The minimum absolute atomic E-state index is 0.281. The molecule has 1 heterocycles. The first-order chi connectivity index (χ1) is 6.72. The predicted octanol–water partition coefficient (Wildman–Crippen LogP) is 0.459.